The highest BCUT2D eigenvalue weighted by atomic mass is 35.5. The van der Waals surface area contributed by atoms with E-state index in [4.69, 9.17) is 27.9 Å². The van der Waals surface area contributed by atoms with E-state index < -0.39 is 0 Å². The Balaban J connectivity index is 1.87. The SMILES string of the molecule is Cc1cc(O[C@H](C)c2ccc(Cl)cc2Cl)c(C2CC2)cn1. The van der Waals surface area contributed by atoms with Crippen LogP contribution in [0.25, 0.3) is 0 Å². The second kappa shape index (κ2) is 5.86. The number of hydrogen-bond acceptors (Lipinski definition) is 2. The molecule has 0 aliphatic heterocycles. The minimum absolute atomic E-state index is 0.130. The summed E-state index contributed by atoms with van der Waals surface area (Å²) in [5.74, 6) is 1.52. The summed E-state index contributed by atoms with van der Waals surface area (Å²) in [6.45, 7) is 3.98. The Morgan fingerprint density at radius 3 is 2.67 bits per heavy atom. The third-order valence-corrected chi connectivity index (χ3v) is 4.32. The Hall–Kier alpha value is -1.25. The Morgan fingerprint density at radius 2 is 2.00 bits per heavy atom. The molecule has 1 saturated carbocycles. The topological polar surface area (TPSA) is 22.1 Å². The smallest absolute Gasteiger partial charge is 0.127 e. The zero-order valence-electron chi connectivity index (χ0n) is 12.1. The molecule has 0 bridgehead atoms. The second-order valence-corrected chi connectivity index (χ2v) is 6.41. The third-order valence-electron chi connectivity index (χ3n) is 3.75. The Bertz CT molecular complexity index is 668. The quantitative estimate of drug-likeness (QED) is 0.719. The zero-order valence-corrected chi connectivity index (χ0v) is 13.6. The van der Waals surface area contributed by atoms with Crippen LogP contribution in [0.2, 0.25) is 10.0 Å². The van der Waals surface area contributed by atoms with Gasteiger partial charge in [-0.25, -0.2) is 0 Å². The van der Waals surface area contributed by atoms with Crippen LogP contribution in [0, 0.1) is 6.92 Å². The molecule has 1 heterocycles. The highest BCUT2D eigenvalue weighted by Crippen LogP contribution is 2.45. The molecule has 1 aromatic carbocycles. The number of nitrogens with zero attached hydrogens (tertiary/aromatic N) is 1. The van der Waals surface area contributed by atoms with Gasteiger partial charge in [-0.3, -0.25) is 4.98 Å². The van der Waals surface area contributed by atoms with Crippen LogP contribution in [0.3, 0.4) is 0 Å². The van der Waals surface area contributed by atoms with E-state index >= 15 is 0 Å². The maximum Gasteiger partial charge on any atom is 0.127 e. The van der Waals surface area contributed by atoms with Crippen molar-refractivity contribution in [2.75, 3.05) is 0 Å². The first kappa shape index (κ1) is 14.7. The fourth-order valence-corrected chi connectivity index (χ4v) is 3.00. The number of halogens is 2. The van der Waals surface area contributed by atoms with E-state index in [1.54, 1.807) is 6.07 Å². The molecule has 1 aliphatic carbocycles. The van der Waals surface area contributed by atoms with Crippen molar-refractivity contribution in [3.8, 4) is 5.75 Å². The van der Waals surface area contributed by atoms with E-state index in [0.29, 0.717) is 16.0 Å². The van der Waals surface area contributed by atoms with Gasteiger partial charge in [0.1, 0.15) is 11.9 Å². The summed E-state index contributed by atoms with van der Waals surface area (Å²) in [5.41, 5.74) is 3.11. The molecule has 3 rings (SSSR count). The average Bonchev–Trinajstić information content (AvgIpc) is 3.23. The number of rotatable bonds is 4. The first-order chi connectivity index (χ1) is 10.0. The molecule has 1 aliphatic rings. The molecule has 0 unspecified atom stereocenters. The summed E-state index contributed by atoms with van der Waals surface area (Å²) < 4.78 is 6.17. The van der Waals surface area contributed by atoms with Crippen molar-refractivity contribution in [1.29, 1.82) is 0 Å². The Labute approximate surface area is 135 Å². The minimum Gasteiger partial charge on any atom is -0.486 e. The Morgan fingerprint density at radius 1 is 1.24 bits per heavy atom. The second-order valence-electron chi connectivity index (χ2n) is 5.56. The fourth-order valence-electron chi connectivity index (χ4n) is 2.43. The summed E-state index contributed by atoms with van der Waals surface area (Å²) in [4.78, 5) is 4.39. The van der Waals surface area contributed by atoms with Crippen molar-refractivity contribution in [3.63, 3.8) is 0 Å². The highest BCUT2D eigenvalue weighted by Gasteiger charge is 2.28. The number of pyridine rings is 1. The van der Waals surface area contributed by atoms with Crippen LogP contribution in [0.5, 0.6) is 5.75 Å². The molecule has 2 nitrogen and oxygen atoms in total. The number of benzene rings is 1. The van der Waals surface area contributed by atoms with Gasteiger partial charge in [-0.15, -0.1) is 0 Å². The largest absolute Gasteiger partial charge is 0.486 e. The van der Waals surface area contributed by atoms with E-state index in [1.807, 2.05) is 38.2 Å². The summed E-state index contributed by atoms with van der Waals surface area (Å²) >= 11 is 12.2. The van der Waals surface area contributed by atoms with Gasteiger partial charge < -0.3 is 4.74 Å². The molecule has 2 aromatic rings. The van der Waals surface area contributed by atoms with Gasteiger partial charge in [-0.1, -0.05) is 29.3 Å². The van der Waals surface area contributed by atoms with Crippen molar-refractivity contribution >= 4 is 23.2 Å². The van der Waals surface area contributed by atoms with Crippen LogP contribution in [-0.4, -0.2) is 4.98 Å². The monoisotopic (exact) mass is 321 g/mol. The van der Waals surface area contributed by atoms with Crippen LogP contribution in [-0.2, 0) is 0 Å². The fraction of sp³-hybridized carbons (Fsp3) is 0.353. The predicted octanol–water partition coefficient (Wildman–Crippen LogP) is 5.71. The zero-order chi connectivity index (χ0) is 15.0. The minimum atomic E-state index is -0.130. The summed E-state index contributed by atoms with van der Waals surface area (Å²) in [7, 11) is 0. The van der Waals surface area contributed by atoms with Crippen LogP contribution in [0.15, 0.2) is 30.5 Å². The van der Waals surface area contributed by atoms with Gasteiger partial charge in [0.25, 0.3) is 0 Å². The number of ether oxygens (including phenoxy) is 1. The first-order valence-corrected chi connectivity index (χ1v) is 7.88. The van der Waals surface area contributed by atoms with Gasteiger partial charge in [0, 0.05) is 39.1 Å². The van der Waals surface area contributed by atoms with Gasteiger partial charge in [-0.2, -0.15) is 0 Å². The van der Waals surface area contributed by atoms with E-state index in [1.165, 1.54) is 18.4 Å². The van der Waals surface area contributed by atoms with Crippen molar-refractivity contribution in [3.05, 3.63) is 57.3 Å². The molecule has 4 heteroatoms. The molecule has 1 aromatic heterocycles. The van der Waals surface area contributed by atoms with E-state index in [-0.39, 0.29) is 6.10 Å². The first-order valence-electron chi connectivity index (χ1n) is 7.12. The maximum absolute atomic E-state index is 6.26. The lowest BCUT2D eigenvalue weighted by molar-refractivity contribution is 0.224. The van der Waals surface area contributed by atoms with Crippen molar-refractivity contribution in [1.82, 2.24) is 4.98 Å². The molecule has 0 saturated heterocycles. The molecule has 0 radical (unpaired) electrons. The lowest BCUT2D eigenvalue weighted by Crippen LogP contribution is -2.06. The van der Waals surface area contributed by atoms with Crippen LogP contribution >= 0.6 is 23.2 Å². The third kappa shape index (κ3) is 3.33. The number of aryl methyl sites for hydroxylation is 1. The summed E-state index contributed by atoms with van der Waals surface area (Å²) in [5, 5.41) is 1.27. The standard InChI is InChI=1S/C17H17Cl2NO/c1-10-7-17(15(9-20-10)12-3-4-12)21-11(2)14-6-5-13(18)8-16(14)19/h5-9,11-12H,3-4H2,1-2H3/t11-/m1/s1. The van der Waals surface area contributed by atoms with E-state index in [2.05, 4.69) is 4.98 Å². The van der Waals surface area contributed by atoms with Crippen molar-refractivity contribution in [2.45, 2.75) is 38.7 Å². The lowest BCUT2D eigenvalue weighted by atomic mass is 10.1. The highest BCUT2D eigenvalue weighted by molar-refractivity contribution is 6.35. The van der Waals surface area contributed by atoms with Gasteiger partial charge in [-0.05, 0) is 44.7 Å². The van der Waals surface area contributed by atoms with Crippen LogP contribution < -0.4 is 4.74 Å². The van der Waals surface area contributed by atoms with Gasteiger partial charge >= 0.3 is 0 Å². The van der Waals surface area contributed by atoms with E-state index in [9.17, 15) is 0 Å². The molecule has 0 amide bonds. The Kier molecular flexibility index (Phi) is 4.10. The molecule has 0 N–H and O–H groups in total. The summed E-state index contributed by atoms with van der Waals surface area (Å²) in [6.07, 6.45) is 4.25. The van der Waals surface area contributed by atoms with Gasteiger partial charge in [0.05, 0.1) is 0 Å². The van der Waals surface area contributed by atoms with Crippen LogP contribution in [0.4, 0.5) is 0 Å². The predicted molar refractivity (Wildman–Crippen MR) is 86.5 cm³/mol. The molecular weight excluding hydrogens is 305 g/mol. The summed E-state index contributed by atoms with van der Waals surface area (Å²) in [6, 6.07) is 7.51. The maximum atomic E-state index is 6.26. The molecular formula is C17H17Cl2NO. The molecule has 0 spiro atoms. The van der Waals surface area contributed by atoms with E-state index in [0.717, 1.165) is 17.0 Å². The van der Waals surface area contributed by atoms with Crippen LogP contribution in [0.1, 0.15) is 48.6 Å². The average molecular weight is 322 g/mol. The lowest BCUT2D eigenvalue weighted by Gasteiger charge is -2.19. The number of hydrogen-bond donors (Lipinski definition) is 0. The molecule has 1 atom stereocenters. The van der Waals surface area contributed by atoms with Crippen molar-refractivity contribution in [2.24, 2.45) is 0 Å². The van der Waals surface area contributed by atoms with Gasteiger partial charge in [0.15, 0.2) is 0 Å². The van der Waals surface area contributed by atoms with Crippen molar-refractivity contribution < 1.29 is 4.74 Å². The normalized spacial score (nSPS) is 15.8. The number of aromatic nitrogens is 1. The molecule has 110 valence electrons. The molecule has 1 fully saturated rings. The van der Waals surface area contributed by atoms with Gasteiger partial charge in [0.2, 0.25) is 0 Å². The molecule has 21 heavy (non-hydrogen) atoms.